The number of hydrogen-bond donors (Lipinski definition) is 1. The Kier molecular flexibility index (Phi) is 4.71. The normalized spacial score (nSPS) is 18.6. The minimum absolute atomic E-state index is 0.613. The molecule has 1 nitrogen and oxygen atoms in total. The van der Waals surface area contributed by atoms with E-state index in [1.54, 1.807) is 0 Å². The van der Waals surface area contributed by atoms with Gasteiger partial charge in [0.05, 0.1) is 0 Å². The third-order valence-corrected chi connectivity index (χ3v) is 4.25. The first-order valence-electron chi connectivity index (χ1n) is 7.01. The molecule has 102 valence electrons. The van der Waals surface area contributed by atoms with Gasteiger partial charge in [-0.05, 0) is 55.7 Å². The van der Waals surface area contributed by atoms with Crippen LogP contribution in [0.25, 0.3) is 0 Å². The van der Waals surface area contributed by atoms with Crippen molar-refractivity contribution in [1.82, 2.24) is 0 Å². The first-order valence-corrected chi connectivity index (χ1v) is 7.39. The van der Waals surface area contributed by atoms with Gasteiger partial charge in [-0.25, -0.2) is 0 Å². The summed E-state index contributed by atoms with van der Waals surface area (Å²) in [6.07, 6.45) is 5.64. The van der Waals surface area contributed by atoms with E-state index in [4.69, 9.17) is 11.6 Å². The van der Waals surface area contributed by atoms with E-state index in [0.29, 0.717) is 5.92 Å². The maximum Gasteiger partial charge on any atom is 0.0458 e. The Labute approximate surface area is 121 Å². The second kappa shape index (κ2) is 6.29. The first kappa shape index (κ1) is 14.2. The van der Waals surface area contributed by atoms with Crippen LogP contribution in [0.1, 0.15) is 38.2 Å². The Hall–Kier alpha value is -1.21. The fourth-order valence-electron chi connectivity index (χ4n) is 2.58. The maximum atomic E-state index is 6.38. The fraction of sp³-hybridized carbons (Fsp3) is 0.412. The van der Waals surface area contributed by atoms with Crippen molar-refractivity contribution in [1.29, 1.82) is 0 Å². The number of hydrogen-bond acceptors (Lipinski definition) is 1. The van der Waals surface area contributed by atoms with Crippen LogP contribution in [0, 0.1) is 5.92 Å². The summed E-state index contributed by atoms with van der Waals surface area (Å²) in [6, 6.07) is 6.20. The van der Waals surface area contributed by atoms with Crippen LogP contribution < -0.4 is 5.32 Å². The number of halogens is 1. The second-order valence-electron chi connectivity index (χ2n) is 5.34. The standard InChI is InChI=1S/C17H22ClN/c1-4-13(3)19-16-9-8-15(17(18)11-16)10-14-7-5-6-12(14)2/h8-9,11,14,19H,2-7,10H2,1H3. The monoisotopic (exact) mass is 275 g/mol. The fourth-order valence-corrected chi connectivity index (χ4v) is 2.84. The van der Waals surface area contributed by atoms with E-state index in [1.165, 1.54) is 30.4 Å². The lowest BCUT2D eigenvalue weighted by atomic mass is 9.95. The molecule has 1 fully saturated rings. The highest BCUT2D eigenvalue weighted by atomic mass is 35.5. The minimum atomic E-state index is 0.613. The Bertz CT molecular complexity index is 490. The molecule has 0 radical (unpaired) electrons. The van der Waals surface area contributed by atoms with Crippen LogP contribution in [-0.4, -0.2) is 0 Å². The minimum Gasteiger partial charge on any atom is -0.359 e. The van der Waals surface area contributed by atoms with Gasteiger partial charge in [0, 0.05) is 16.4 Å². The molecule has 19 heavy (non-hydrogen) atoms. The van der Waals surface area contributed by atoms with Crippen LogP contribution in [0.4, 0.5) is 5.69 Å². The molecule has 1 unspecified atom stereocenters. The van der Waals surface area contributed by atoms with Gasteiger partial charge in [-0.15, -0.1) is 0 Å². The predicted octanol–water partition coefficient (Wildman–Crippen LogP) is 5.57. The van der Waals surface area contributed by atoms with E-state index in [1.807, 2.05) is 6.07 Å². The third kappa shape index (κ3) is 3.63. The number of nitrogens with one attached hydrogen (secondary N) is 1. The van der Waals surface area contributed by atoms with Crippen molar-refractivity contribution in [3.63, 3.8) is 0 Å². The molecule has 1 aromatic carbocycles. The molecule has 1 saturated carbocycles. The van der Waals surface area contributed by atoms with Crippen molar-refractivity contribution in [2.24, 2.45) is 5.92 Å². The SMILES string of the molecule is C=C(CC)Nc1ccc(CC2CCCC2=C)c(Cl)c1. The Morgan fingerprint density at radius 3 is 2.84 bits per heavy atom. The van der Waals surface area contributed by atoms with Gasteiger partial charge in [-0.1, -0.05) is 43.3 Å². The summed E-state index contributed by atoms with van der Waals surface area (Å²) in [6.45, 7) is 10.2. The number of rotatable bonds is 5. The summed E-state index contributed by atoms with van der Waals surface area (Å²) in [5.41, 5.74) is 4.64. The van der Waals surface area contributed by atoms with E-state index < -0.39 is 0 Å². The Balaban J connectivity index is 2.06. The van der Waals surface area contributed by atoms with Gasteiger partial charge in [-0.3, -0.25) is 0 Å². The molecular formula is C17H22ClN. The van der Waals surface area contributed by atoms with Crippen molar-refractivity contribution in [2.75, 3.05) is 5.32 Å². The summed E-state index contributed by atoms with van der Waals surface area (Å²) >= 11 is 6.38. The highest BCUT2D eigenvalue weighted by molar-refractivity contribution is 6.31. The average Bonchev–Trinajstić information content (AvgIpc) is 2.78. The van der Waals surface area contributed by atoms with Crippen molar-refractivity contribution in [2.45, 2.75) is 39.0 Å². The molecular weight excluding hydrogens is 254 g/mol. The zero-order chi connectivity index (χ0) is 13.8. The zero-order valence-electron chi connectivity index (χ0n) is 11.6. The third-order valence-electron chi connectivity index (χ3n) is 3.90. The summed E-state index contributed by atoms with van der Waals surface area (Å²) in [5, 5.41) is 4.11. The van der Waals surface area contributed by atoms with Gasteiger partial charge in [0.1, 0.15) is 0 Å². The average molecular weight is 276 g/mol. The van der Waals surface area contributed by atoms with Crippen LogP contribution in [0.2, 0.25) is 5.02 Å². The molecule has 1 N–H and O–H groups in total. The lowest BCUT2D eigenvalue weighted by molar-refractivity contribution is 0.625. The quantitative estimate of drug-likeness (QED) is 0.692. The largest absolute Gasteiger partial charge is 0.359 e. The second-order valence-corrected chi connectivity index (χ2v) is 5.75. The van der Waals surface area contributed by atoms with Crippen molar-refractivity contribution in [3.8, 4) is 0 Å². The molecule has 0 spiro atoms. The predicted molar refractivity (Wildman–Crippen MR) is 84.7 cm³/mol. The van der Waals surface area contributed by atoms with Crippen LogP contribution in [-0.2, 0) is 6.42 Å². The van der Waals surface area contributed by atoms with E-state index in [0.717, 1.165) is 29.2 Å². The molecule has 0 saturated heterocycles. The van der Waals surface area contributed by atoms with E-state index in [-0.39, 0.29) is 0 Å². The molecule has 1 aliphatic rings. The molecule has 0 bridgehead atoms. The summed E-state index contributed by atoms with van der Waals surface area (Å²) in [5.74, 6) is 0.613. The smallest absolute Gasteiger partial charge is 0.0458 e. The van der Waals surface area contributed by atoms with Crippen molar-refractivity contribution >= 4 is 17.3 Å². The highest BCUT2D eigenvalue weighted by Crippen LogP contribution is 2.34. The number of allylic oxidation sites excluding steroid dienone is 2. The van der Waals surface area contributed by atoms with Crippen LogP contribution >= 0.6 is 11.6 Å². The highest BCUT2D eigenvalue weighted by Gasteiger charge is 2.20. The summed E-state index contributed by atoms with van der Waals surface area (Å²) in [4.78, 5) is 0. The van der Waals surface area contributed by atoms with Crippen LogP contribution in [0.5, 0.6) is 0 Å². The summed E-state index contributed by atoms with van der Waals surface area (Å²) in [7, 11) is 0. The van der Waals surface area contributed by atoms with Gasteiger partial charge < -0.3 is 5.32 Å². The van der Waals surface area contributed by atoms with Crippen molar-refractivity contribution in [3.05, 3.63) is 53.2 Å². The van der Waals surface area contributed by atoms with Crippen LogP contribution in [0.3, 0.4) is 0 Å². The van der Waals surface area contributed by atoms with Gasteiger partial charge in [0.15, 0.2) is 0 Å². The van der Waals surface area contributed by atoms with Gasteiger partial charge in [-0.2, -0.15) is 0 Å². The lowest BCUT2D eigenvalue weighted by Gasteiger charge is -2.14. The zero-order valence-corrected chi connectivity index (χ0v) is 12.4. The maximum absolute atomic E-state index is 6.38. The molecule has 1 atom stereocenters. The number of anilines is 1. The molecule has 0 amide bonds. The Morgan fingerprint density at radius 2 is 2.26 bits per heavy atom. The number of benzene rings is 1. The molecule has 2 rings (SSSR count). The van der Waals surface area contributed by atoms with E-state index in [9.17, 15) is 0 Å². The van der Waals surface area contributed by atoms with E-state index >= 15 is 0 Å². The van der Waals surface area contributed by atoms with Crippen LogP contribution in [0.15, 0.2) is 42.6 Å². The lowest BCUT2D eigenvalue weighted by Crippen LogP contribution is -2.02. The molecule has 0 aromatic heterocycles. The molecule has 1 aliphatic carbocycles. The first-order chi connectivity index (χ1) is 9.10. The molecule has 0 aliphatic heterocycles. The van der Waals surface area contributed by atoms with Crippen molar-refractivity contribution < 1.29 is 0 Å². The van der Waals surface area contributed by atoms with Gasteiger partial charge in [0.25, 0.3) is 0 Å². The van der Waals surface area contributed by atoms with Gasteiger partial charge in [0.2, 0.25) is 0 Å². The molecule has 0 heterocycles. The Morgan fingerprint density at radius 1 is 1.47 bits per heavy atom. The topological polar surface area (TPSA) is 12.0 Å². The van der Waals surface area contributed by atoms with E-state index in [2.05, 4.69) is 37.5 Å². The molecule has 1 aromatic rings. The molecule has 2 heteroatoms. The summed E-state index contributed by atoms with van der Waals surface area (Å²) < 4.78 is 0. The van der Waals surface area contributed by atoms with Gasteiger partial charge >= 0.3 is 0 Å².